The van der Waals surface area contributed by atoms with Crippen LogP contribution in [0.5, 0.6) is 0 Å². The van der Waals surface area contributed by atoms with Crippen molar-refractivity contribution in [3.8, 4) is 5.82 Å². The first-order valence-corrected chi connectivity index (χ1v) is 5.56. The van der Waals surface area contributed by atoms with Crippen LogP contribution in [0.4, 0.5) is 0 Å². The zero-order valence-corrected chi connectivity index (χ0v) is 9.89. The van der Waals surface area contributed by atoms with Crippen molar-refractivity contribution in [2.45, 2.75) is 6.92 Å². The summed E-state index contributed by atoms with van der Waals surface area (Å²) in [6.45, 7) is 1.92. The summed E-state index contributed by atoms with van der Waals surface area (Å²) in [7, 11) is 0. The van der Waals surface area contributed by atoms with E-state index in [1.807, 2.05) is 42.0 Å². The molecule has 0 bridgehead atoms. The highest BCUT2D eigenvalue weighted by atomic mass is 35.5. The number of nitrogens with zero attached hydrogens (tertiary/aromatic N) is 4. The number of hydrogen-bond donors (Lipinski definition) is 0. The smallest absolute Gasteiger partial charge is 0.168 e. The molecule has 0 aliphatic rings. The molecule has 1 aromatic carbocycles. The Morgan fingerprint density at radius 3 is 2.59 bits per heavy atom. The Bertz CT molecular complexity index is 690. The molecule has 2 heterocycles. The van der Waals surface area contributed by atoms with Gasteiger partial charge in [0, 0.05) is 23.2 Å². The molecule has 17 heavy (non-hydrogen) atoms. The molecule has 5 heteroatoms. The molecule has 0 atom stereocenters. The summed E-state index contributed by atoms with van der Waals surface area (Å²) in [5.41, 5.74) is 0. The molecule has 0 aliphatic heterocycles. The predicted octanol–water partition coefficient (Wildman–Crippen LogP) is 2.78. The van der Waals surface area contributed by atoms with E-state index >= 15 is 0 Å². The van der Waals surface area contributed by atoms with Crippen LogP contribution in [0.3, 0.4) is 0 Å². The molecule has 0 fully saturated rings. The lowest BCUT2D eigenvalue weighted by atomic mass is 10.2. The van der Waals surface area contributed by atoms with Crippen LogP contribution in [-0.2, 0) is 0 Å². The lowest BCUT2D eigenvalue weighted by molar-refractivity contribution is 0.894. The molecular weight excluding hydrogens is 236 g/mol. The molecule has 3 aromatic rings. The molecule has 0 spiro atoms. The number of fused-ring (bicyclic) bond motifs is 1. The monoisotopic (exact) mass is 244 g/mol. The minimum atomic E-state index is 0.419. The second-order valence-electron chi connectivity index (χ2n) is 3.70. The topological polar surface area (TPSA) is 43.6 Å². The van der Waals surface area contributed by atoms with Gasteiger partial charge in [-0.1, -0.05) is 35.9 Å². The summed E-state index contributed by atoms with van der Waals surface area (Å²) >= 11 is 6.03. The fourth-order valence-corrected chi connectivity index (χ4v) is 2.04. The number of hydrogen-bond acceptors (Lipinski definition) is 3. The molecule has 0 unspecified atom stereocenters. The number of aryl methyl sites for hydroxylation is 1. The van der Waals surface area contributed by atoms with E-state index in [2.05, 4.69) is 15.2 Å². The zero-order valence-electron chi connectivity index (χ0n) is 9.13. The van der Waals surface area contributed by atoms with E-state index in [0.29, 0.717) is 5.15 Å². The third-order valence-electron chi connectivity index (χ3n) is 2.68. The maximum absolute atomic E-state index is 6.03. The van der Waals surface area contributed by atoms with Gasteiger partial charge in [-0.15, -0.1) is 10.2 Å². The van der Waals surface area contributed by atoms with Gasteiger partial charge in [0.2, 0.25) is 0 Å². The summed E-state index contributed by atoms with van der Waals surface area (Å²) < 4.78 is 1.89. The summed E-state index contributed by atoms with van der Waals surface area (Å²) in [6.07, 6.45) is 3.60. The molecule has 0 aliphatic carbocycles. The molecular formula is C12H9ClN4. The second-order valence-corrected chi connectivity index (χ2v) is 4.06. The van der Waals surface area contributed by atoms with E-state index in [1.165, 1.54) is 0 Å². The molecule has 0 radical (unpaired) electrons. The fourth-order valence-electron chi connectivity index (χ4n) is 1.84. The summed E-state index contributed by atoms with van der Waals surface area (Å²) in [5, 5.41) is 10.4. The highest BCUT2D eigenvalue weighted by Crippen LogP contribution is 2.25. The fraction of sp³-hybridized carbons (Fsp3) is 0.0833. The molecule has 4 nitrogen and oxygen atoms in total. The lowest BCUT2D eigenvalue weighted by Gasteiger charge is -2.07. The predicted molar refractivity (Wildman–Crippen MR) is 66.4 cm³/mol. The Hall–Kier alpha value is -1.94. The molecule has 0 saturated heterocycles. The van der Waals surface area contributed by atoms with Crippen molar-refractivity contribution in [1.82, 2.24) is 19.7 Å². The standard InChI is InChI=1S/C12H9ClN4/c1-8-14-6-7-17(8)12-10-5-3-2-4-9(10)11(13)15-16-12/h2-7H,1H3. The van der Waals surface area contributed by atoms with Crippen LogP contribution in [0.2, 0.25) is 5.15 Å². The summed E-state index contributed by atoms with van der Waals surface area (Å²) in [4.78, 5) is 4.18. The van der Waals surface area contributed by atoms with E-state index in [9.17, 15) is 0 Å². The van der Waals surface area contributed by atoms with Crippen LogP contribution in [0.1, 0.15) is 5.82 Å². The Balaban J connectivity index is 2.39. The van der Waals surface area contributed by atoms with Crippen molar-refractivity contribution in [3.05, 3.63) is 47.6 Å². The van der Waals surface area contributed by atoms with E-state index in [4.69, 9.17) is 11.6 Å². The van der Waals surface area contributed by atoms with Crippen molar-refractivity contribution < 1.29 is 0 Å². The maximum atomic E-state index is 6.03. The van der Waals surface area contributed by atoms with Gasteiger partial charge < -0.3 is 0 Å². The SMILES string of the molecule is Cc1nccn1-c1nnc(Cl)c2ccccc12. The molecule has 0 saturated carbocycles. The van der Waals surface area contributed by atoms with Crippen molar-refractivity contribution in [2.24, 2.45) is 0 Å². The van der Waals surface area contributed by atoms with Crippen LogP contribution in [0.25, 0.3) is 16.6 Å². The van der Waals surface area contributed by atoms with Crippen molar-refractivity contribution in [3.63, 3.8) is 0 Å². The third kappa shape index (κ3) is 1.57. The quantitative estimate of drug-likeness (QED) is 0.661. The minimum Gasteiger partial charge on any atom is -0.286 e. The van der Waals surface area contributed by atoms with Gasteiger partial charge in [-0.05, 0) is 6.92 Å². The van der Waals surface area contributed by atoms with Crippen molar-refractivity contribution in [2.75, 3.05) is 0 Å². The number of rotatable bonds is 1. The van der Waals surface area contributed by atoms with Gasteiger partial charge in [0.05, 0.1) is 0 Å². The summed E-state index contributed by atoms with van der Waals surface area (Å²) in [5.74, 6) is 1.62. The van der Waals surface area contributed by atoms with Crippen LogP contribution in [-0.4, -0.2) is 19.7 Å². The first-order chi connectivity index (χ1) is 8.27. The number of halogens is 1. The molecule has 3 rings (SSSR count). The Kier molecular flexibility index (Phi) is 2.30. The summed E-state index contributed by atoms with van der Waals surface area (Å²) in [6, 6.07) is 7.79. The number of imidazole rings is 1. The van der Waals surface area contributed by atoms with Crippen molar-refractivity contribution in [1.29, 1.82) is 0 Å². The van der Waals surface area contributed by atoms with E-state index in [1.54, 1.807) is 6.20 Å². The van der Waals surface area contributed by atoms with Gasteiger partial charge in [-0.2, -0.15) is 0 Å². The highest BCUT2D eigenvalue weighted by Gasteiger charge is 2.10. The zero-order chi connectivity index (χ0) is 11.8. The van der Waals surface area contributed by atoms with Crippen LogP contribution in [0, 0.1) is 6.92 Å². The molecule has 84 valence electrons. The second kappa shape index (κ2) is 3.82. The van der Waals surface area contributed by atoms with Crippen molar-refractivity contribution >= 4 is 22.4 Å². The van der Waals surface area contributed by atoms with Crippen LogP contribution in [0.15, 0.2) is 36.7 Å². The third-order valence-corrected chi connectivity index (χ3v) is 2.96. The molecule has 2 aromatic heterocycles. The molecule has 0 N–H and O–H groups in total. The molecule has 0 amide bonds. The average molecular weight is 245 g/mol. The first kappa shape index (κ1) is 10.2. The number of aromatic nitrogens is 4. The van der Waals surface area contributed by atoms with Crippen LogP contribution < -0.4 is 0 Å². The van der Waals surface area contributed by atoms with Gasteiger partial charge in [-0.25, -0.2) is 4.98 Å². The largest absolute Gasteiger partial charge is 0.286 e. The van der Waals surface area contributed by atoms with Gasteiger partial charge >= 0.3 is 0 Å². The highest BCUT2D eigenvalue weighted by molar-refractivity contribution is 6.34. The maximum Gasteiger partial charge on any atom is 0.168 e. The lowest BCUT2D eigenvalue weighted by Crippen LogP contribution is -2.02. The first-order valence-electron chi connectivity index (χ1n) is 5.18. The van der Waals surface area contributed by atoms with E-state index in [0.717, 1.165) is 22.4 Å². The van der Waals surface area contributed by atoms with Gasteiger partial charge in [0.1, 0.15) is 5.82 Å². The average Bonchev–Trinajstić information content (AvgIpc) is 2.77. The van der Waals surface area contributed by atoms with E-state index in [-0.39, 0.29) is 0 Å². The Morgan fingerprint density at radius 1 is 1.12 bits per heavy atom. The van der Waals surface area contributed by atoms with Gasteiger partial charge in [0.25, 0.3) is 0 Å². The Morgan fingerprint density at radius 2 is 1.88 bits per heavy atom. The normalized spacial score (nSPS) is 10.9. The van der Waals surface area contributed by atoms with E-state index < -0.39 is 0 Å². The van der Waals surface area contributed by atoms with Gasteiger partial charge in [0.15, 0.2) is 11.0 Å². The Labute approximate surface area is 103 Å². The van der Waals surface area contributed by atoms with Crippen LogP contribution >= 0.6 is 11.6 Å². The minimum absolute atomic E-state index is 0.419. The van der Waals surface area contributed by atoms with Gasteiger partial charge in [-0.3, -0.25) is 4.57 Å². The number of benzene rings is 1.